The molecule has 2 aromatic rings. The van der Waals surface area contributed by atoms with E-state index in [-0.39, 0.29) is 11.9 Å². The van der Waals surface area contributed by atoms with Gasteiger partial charge in [-0.2, -0.15) is 0 Å². The van der Waals surface area contributed by atoms with E-state index in [0.717, 1.165) is 23.5 Å². The van der Waals surface area contributed by atoms with Crippen molar-refractivity contribution < 1.29 is 4.79 Å². The molecule has 0 aliphatic heterocycles. The minimum absolute atomic E-state index is 0.00407. The molecule has 2 rings (SSSR count). The first-order chi connectivity index (χ1) is 9.61. The highest BCUT2D eigenvalue weighted by molar-refractivity contribution is 5.90. The topological polar surface area (TPSA) is 59.8 Å². The molecule has 0 unspecified atom stereocenters. The van der Waals surface area contributed by atoms with Gasteiger partial charge in [0.1, 0.15) is 0 Å². The summed E-state index contributed by atoms with van der Waals surface area (Å²) in [5, 5.41) is 11.1. The highest BCUT2D eigenvalue weighted by Gasteiger charge is 2.18. The van der Waals surface area contributed by atoms with Gasteiger partial charge < -0.3 is 5.32 Å². The molecule has 5 nitrogen and oxygen atoms in total. The number of nitrogens with zero attached hydrogens (tertiary/aromatic N) is 3. The van der Waals surface area contributed by atoms with Gasteiger partial charge in [0.05, 0.1) is 17.4 Å². The quantitative estimate of drug-likeness (QED) is 0.910. The molecular formula is C15H20N4O. The number of aromatic nitrogens is 3. The molecule has 0 spiro atoms. The highest BCUT2D eigenvalue weighted by atomic mass is 16.1. The van der Waals surface area contributed by atoms with E-state index in [1.807, 2.05) is 48.9 Å². The Bertz CT molecular complexity index is 577. The first-order valence-electron chi connectivity index (χ1n) is 6.85. The summed E-state index contributed by atoms with van der Waals surface area (Å²) in [7, 11) is 0. The number of nitrogens with one attached hydrogen (secondary N) is 1. The van der Waals surface area contributed by atoms with Gasteiger partial charge in [0.25, 0.3) is 0 Å². The van der Waals surface area contributed by atoms with Crippen molar-refractivity contribution in [3.63, 3.8) is 0 Å². The van der Waals surface area contributed by atoms with Crippen molar-refractivity contribution in [1.82, 2.24) is 15.0 Å². The van der Waals surface area contributed by atoms with Crippen molar-refractivity contribution >= 4 is 11.6 Å². The summed E-state index contributed by atoms with van der Waals surface area (Å²) in [5.74, 6) is -0.00407. The Kier molecular flexibility index (Phi) is 4.50. The van der Waals surface area contributed by atoms with Crippen molar-refractivity contribution in [2.75, 3.05) is 5.32 Å². The zero-order valence-corrected chi connectivity index (χ0v) is 12.1. The molecule has 1 N–H and O–H groups in total. The van der Waals surface area contributed by atoms with E-state index in [0.29, 0.717) is 6.42 Å². The molecule has 1 aromatic carbocycles. The average molecular weight is 272 g/mol. The molecule has 0 aliphatic carbocycles. The number of carbonyl (C=O) groups is 1. The van der Waals surface area contributed by atoms with Gasteiger partial charge in [-0.15, -0.1) is 5.10 Å². The number of carbonyl (C=O) groups excluding carboxylic acids is 1. The van der Waals surface area contributed by atoms with Gasteiger partial charge in [-0.05, 0) is 32.4 Å². The molecule has 20 heavy (non-hydrogen) atoms. The maximum atomic E-state index is 12.1. The molecule has 1 amide bonds. The van der Waals surface area contributed by atoms with Gasteiger partial charge in [-0.3, -0.25) is 4.79 Å². The Morgan fingerprint density at radius 3 is 2.55 bits per heavy atom. The van der Waals surface area contributed by atoms with Crippen LogP contribution in [0, 0.1) is 13.8 Å². The second-order valence-corrected chi connectivity index (χ2v) is 4.89. The molecule has 0 saturated carbocycles. The number of aryl methyl sites for hydroxylation is 1. The van der Waals surface area contributed by atoms with Gasteiger partial charge in [0.2, 0.25) is 5.91 Å². The van der Waals surface area contributed by atoms with Crippen LogP contribution in [0.25, 0.3) is 0 Å². The molecular weight excluding hydrogens is 252 g/mol. The third-order valence-electron chi connectivity index (χ3n) is 3.45. The number of hydrogen-bond acceptors (Lipinski definition) is 3. The predicted octanol–water partition coefficient (Wildman–Crippen LogP) is 2.87. The fourth-order valence-electron chi connectivity index (χ4n) is 2.12. The number of rotatable bonds is 5. The summed E-state index contributed by atoms with van der Waals surface area (Å²) < 4.78 is 1.85. The van der Waals surface area contributed by atoms with E-state index >= 15 is 0 Å². The van der Waals surface area contributed by atoms with E-state index in [1.54, 1.807) is 0 Å². The third kappa shape index (κ3) is 3.23. The molecule has 1 heterocycles. The molecule has 5 heteroatoms. The van der Waals surface area contributed by atoms with Gasteiger partial charge in [0, 0.05) is 12.1 Å². The Labute approximate surface area is 119 Å². The largest absolute Gasteiger partial charge is 0.326 e. The van der Waals surface area contributed by atoms with Crippen LogP contribution in [-0.4, -0.2) is 20.9 Å². The lowest BCUT2D eigenvalue weighted by molar-refractivity contribution is -0.117. The minimum atomic E-state index is -0.00407. The van der Waals surface area contributed by atoms with Gasteiger partial charge in [-0.25, -0.2) is 4.68 Å². The van der Waals surface area contributed by atoms with Crippen LogP contribution in [0.4, 0.5) is 5.69 Å². The van der Waals surface area contributed by atoms with Crippen LogP contribution >= 0.6 is 0 Å². The van der Waals surface area contributed by atoms with Crippen molar-refractivity contribution in [2.45, 2.75) is 39.7 Å². The van der Waals surface area contributed by atoms with Crippen molar-refractivity contribution in [3.05, 3.63) is 41.7 Å². The Balaban J connectivity index is 2.03. The Morgan fingerprint density at radius 2 is 2.00 bits per heavy atom. The summed E-state index contributed by atoms with van der Waals surface area (Å²) in [6, 6.07) is 9.52. The number of anilines is 1. The van der Waals surface area contributed by atoms with Crippen LogP contribution in [0.15, 0.2) is 30.3 Å². The van der Waals surface area contributed by atoms with Crippen LogP contribution in [0.5, 0.6) is 0 Å². The van der Waals surface area contributed by atoms with Gasteiger partial charge in [-0.1, -0.05) is 30.3 Å². The molecule has 0 fully saturated rings. The average Bonchev–Trinajstić information content (AvgIpc) is 2.78. The molecule has 0 radical (unpaired) electrons. The maximum Gasteiger partial charge on any atom is 0.226 e. The number of hydrogen-bond donors (Lipinski definition) is 1. The third-order valence-corrected chi connectivity index (χ3v) is 3.45. The molecule has 0 bridgehead atoms. The van der Waals surface area contributed by atoms with E-state index in [2.05, 4.69) is 22.6 Å². The predicted molar refractivity (Wildman–Crippen MR) is 78.5 cm³/mol. The first kappa shape index (κ1) is 14.2. The zero-order chi connectivity index (χ0) is 14.5. The molecule has 0 aliphatic rings. The summed E-state index contributed by atoms with van der Waals surface area (Å²) in [6.07, 6.45) is 1.24. The van der Waals surface area contributed by atoms with E-state index in [4.69, 9.17) is 0 Å². The summed E-state index contributed by atoms with van der Waals surface area (Å²) >= 11 is 0. The molecule has 106 valence electrons. The Hall–Kier alpha value is -2.17. The van der Waals surface area contributed by atoms with Crippen molar-refractivity contribution in [3.8, 4) is 0 Å². The fraction of sp³-hybridized carbons (Fsp3) is 0.400. The Morgan fingerprint density at radius 1 is 1.30 bits per heavy atom. The smallest absolute Gasteiger partial charge is 0.226 e. The van der Waals surface area contributed by atoms with Gasteiger partial charge >= 0.3 is 0 Å². The van der Waals surface area contributed by atoms with Crippen molar-refractivity contribution in [2.24, 2.45) is 0 Å². The second kappa shape index (κ2) is 6.32. The lowest BCUT2D eigenvalue weighted by atomic mass is 10.1. The van der Waals surface area contributed by atoms with Crippen molar-refractivity contribution in [1.29, 1.82) is 0 Å². The number of amides is 1. The summed E-state index contributed by atoms with van der Waals surface area (Å²) in [5.41, 5.74) is 2.75. The van der Waals surface area contributed by atoms with E-state index < -0.39 is 0 Å². The van der Waals surface area contributed by atoms with E-state index in [9.17, 15) is 4.79 Å². The molecule has 1 atom stereocenters. The summed E-state index contributed by atoms with van der Waals surface area (Å²) in [6.45, 7) is 5.96. The fourth-order valence-corrected chi connectivity index (χ4v) is 2.12. The van der Waals surface area contributed by atoms with Crippen LogP contribution < -0.4 is 5.32 Å². The van der Waals surface area contributed by atoms with Crippen LogP contribution in [0.1, 0.15) is 37.2 Å². The maximum absolute atomic E-state index is 12.1. The SMILES string of the molecule is CC[C@@H](CC(=O)Nc1ccccc1)n1nnc(C)c1C. The lowest BCUT2D eigenvalue weighted by Gasteiger charge is -2.16. The standard InChI is InChI=1S/C15H20N4O/c1-4-14(19-12(3)11(2)17-18-19)10-15(20)16-13-8-6-5-7-9-13/h5-9,14H,4,10H2,1-3H3,(H,16,20)/t14-/m0/s1. The lowest BCUT2D eigenvalue weighted by Crippen LogP contribution is -2.20. The normalized spacial score (nSPS) is 12.2. The monoisotopic (exact) mass is 272 g/mol. The highest BCUT2D eigenvalue weighted by Crippen LogP contribution is 2.19. The van der Waals surface area contributed by atoms with Crippen LogP contribution in [0.3, 0.4) is 0 Å². The van der Waals surface area contributed by atoms with Gasteiger partial charge in [0.15, 0.2) is 0 Å². The molecule has 0 saturated heterocycles. The second-order valence-electron chi connectivity index (χ2n) is 4.89. The van der Waals surface area contributed by atoms with Crippen LogP contribution in [0.2, 0.25) is 0 Å². The number of benzene rings is 1. The minimum Gasteiger partial charge on any atom is -0.326 e. The van der Waals surface area contributed by atoms with Crippen LogP contribution in [-0.2, 0) is 4.79 Å². The zero-order valence-electron chi connectivity index (χ0n) is 12.1. The molecule has 1 aromatic heterocycles. The number of para-hydroxylation sites is 1. The summed E-state index contributed by atoms with van der Waals surface area (Å²) in [4.78, 5) is 12.1. The first-order valence-corrected chi connectivity index (χ1v) is 6.85. The van der Waals surface area contributed by atoms with E-state index in [1.165, 1.54) is 0 Å².